The van der Waals surface area contributed by atoms with Gasteiger partial charge in [0.1, 0.15) is 0 Å². The van der Waals surface area contributed by atoms with Crippen molar-refractivity contribution in [2.45, 2.75) is 45.6 Å². The maximum atomic E-state index is 10.7. The van der Waals surface area contributed by atoms with Crippen LogP contribution in [-0.2, 0) is 4.79 Å². The summed E-state index contributed by atoms with van der Waals surface area (Å²) in [6.45, 7) is 3.82. The van der Waals surface area contributed by atoms with E-state index in [2.05, 4.69) is 12.2 Å². The number of amides is 1. The molecule has 11 heavy (non-hydrogen) atoms. The average molecular weight is 155 g/mol. The van der Waals surface area contributed by atoms with Gasteiger partial charge < -0.3 is 5.32 Å². The molecule has 0 aromatic heterocycles. The Bertz CT molecular complexity index is 144. The van der Waals surface area contributed by atoms with Crippen molar-refractivity contribution >= 4 is 5.91 Å². The Hall–Kier alpha value is -0.530. The van der Waals surface area contributed by atoms with Gasteiger partial charge in [-0.05, 0) is 18.8 Å². The number of nitrogens with one attached hydrogen (secondary N) is 1. The second-order valence-corrected chi connectivity index (χ2v) is 3.57. The van der Waals surface area contributed by atoms with E-state index in [4.69, 9.17) is 0 Å². The summed E-state index contributed by atoms with van der Waals surface area (Å²) < 4.78 is 0. The van der Waals surface area contributed by atoms with E-state index < -0.39 is 0 Å². The minimum Gasteiger partial charge on any atom is -0.353 e. The Labute approximate surface area is 68.4 Å². The first-order chi connectivity index (χ1) is 5.20. The van der Waals surface area contributed by atoms with Crippen molar-refractivity contribution in [2.75, 3.05) is 0 Å². The molecular formula is C9H17NO. The van der Waals surface area contributed by atoms with Crippen LogP contribution >= 0.6 is 0 Å². The van der Waals surface area contributed by atoms with Crippen molar-refractivity contribution in [3.63, 3.8) is 0 Å². The number of rotatable bonds is 1. The molecule has 0 spiro atoms. The monoisotopic (exact) mass is 155 g/mol. The Kier molecular flexibility index (Phi) is 2.92. The van der Waals surface area contributed by atoms with Crippen LogP contribution in [-0.4, -0.2) is 11.9 Å². The van der Waals surface area contributed by atoms with Crippen molar-refractivity contribution in [1.29, 1.82) is 0 Å². The summed E-state index contributed by atoms with van der Waals surface area (Å²) in [5, 5.41) is 2.99. The van der Waals surface area contributed by atoms with Gasteiger partial charge in [0.2, 0.25) is 5.91 Å². The lowest BCUT2D eigenvalue weighted by molar-refractivity contribution is -0.120. The summed E-state index contributed by atoms with van der Waals surface area (Å²) in [5.41, 5.74) is 0. The van der Waals surface area contributed by atoms with Crippen LogP contribution < -0.4 is 5.32 Å². The van der Waals surface area contributed by atoms with Crippen LogP contribution in [0.3, 0.4) is 0 Å². The molecule has 1 amide bonds. The Morgan fingerprint density at radius 2 is 2.00 bits per heavy atom. The van der Waals surface area contributed by atoms with Crippen molar-refractivity contribution in [3.8, 4) is 0 Å². The maximum absolute atomic E-state index is 10.7. The van der Waals surface area contributed by atoms with E-state index in [9.17, 15) is 4.79 Å². The highest BCUT2D eigenvalue weighted by Crippen LogP contribution is 2.23. The van der Waals surface area contributed by atoms with Crippen LogP contribution in [0.5, 0.6) is 0 Å². The standard InChI is InChI=1S/C9H17NO/c1-7-5-3-4-6-9(7)10-8(2)11/h7,9H,3-6H2,1-2H3,(H,10,11)/t7-,9-/m1/s1. The topological polar surface area (TPSA) is 29.1 Å². The molecule has 1 fully saturated rings. The summed E-state index contributed by atoms with van der Waals surface area (Å²) in [5.74, 6) is 0.788. The first kappa shape index (κ1) is 8.57. The summed E-state index contributed by atoms with van der Waals surface area (Å²) in [4.78, 5) is 10.7. The lowest BCUT2D eigenvalue weighted by Gasteiger charge is -2.28. The van der Waals surface area contributed by atoms with E-state index in [1.54, 1.807) is 6.92 Å². The molecule has 0 unspecified atom stereocenters. The third-order valence-electron chi connectivity index (χ3n) is 2.50. The summed E-state index contributed by atoms with van der Waals surface area (Å²) in [6, 6.07) is 0.446. The Morgan fingerprint density at radius 3 is 2.55 bits per heavy atom. The lowest BCUT2D eigenvalue weighted by Crippen LogP contribution is -2.39. The van der Waals surface area contributed by atoms with Gasteiger partial charge in [0.25, 0.3) is 0 Å². The highest BCUT2D eigenvalue weighted by atomic mass is 16.1. The fourth-order valence-electron chi connectivity index (χ4n) is 1.79. The second kappa shape index (κ2) is 3.74. The second-order valence-electron chi connectivity index (χ2n) is 3.57. The number of hydrogen-bond donors (Lipinski definition) is 1. The molecule has 1 saturated carbocycles. The molecule has 64 valence electrons. The van der Waals surface area contributed by atoms with Gasteiger partial charge in [-0.3, -0.25) is 4.79 Å². The Balaban J connectivity index is 2.35. The predicted molar refractivity (Wildman–Crippen MR) is 45.2 cm³/mol. The SMILES string of the molecule is CC(=O)N[C@@H]1CCCC[C@H]1C. The molecule has 0 heterocycles. The first-order valence-electron chi connectivity index (χ1n) is 4.47. The van der Waals surface area contributed by atoms with Gasteiger partial charge in [0.15, 0.2) is 0 Å². The Morgan fingerprint density at radius 1 is 1.36 bits per heavy atom. The van der Waals surface area contributed by atoms with Crippen LogP contribution in [0.4, 0.5) is 0 Å². The molecule has 0 radical (unpaired) electrons. The minimum atomic E-state index is 0.115. The van der Waals surface area contributed by atoms with Gasteiger partial charge in [-0.1, -0.05) is 19.8 Å². The highest BCUT2D eigenvalue weighted by Gasteiger charge is 2.21. The molecule has 0 aliphatic heterocycles. The van der Waals surface area contributed by atoms with Gasteiger partial charge in [-0.15, -0.1) is 0 Å². The zero-order chi connectivity index (χ0) is 8.27. The summed E-state index contributed by atoms with van der Waals surface area (Å²) in [7, 11) is 0. The van der Waals surface area contributed by atoms with E-state index in [-0.39, 0.29) is 5.91 Å². The molecule has 2 heteroatoms. The smallest absolute Gasteiger partial charge is 0.217 e. The molecule has 1 N–H and O–H groups in total. The lowest BCUT2D eigenvalue weighted by atomic mass is 9.86. The van der Waals surface area contributed by atoms with Crippen molar-refractivity contribution in [1.82, 2.24) is 5.32 Å². The van der Waals surface area contributed by atoms with Gasteiger partial charge in [0, 0.05) is 13.0 Å². The zero-order valence-corrected chi connectivity index (χ0v) is 7.39. The molecule has 1 aliphatic carbocycles. The number of carbonyl (C=O) groups excluding carboxylic acids is 1. The third-order valence-corrected chi connectivity index (χ3v) is 2.50. The van der Waals surface area contributed by atoms with Crippen LogP contribution in [0.25, 0.3) is 0 Å². The largest absolute Gasteiger partial charge is 0.353 e. The molecule has 1 rings (SSSR count). The molecule has 0 saturated heterocycles. The van der Waals surface area contributed by atoms with Gasteiger partial charge in [0.05, 0.1) is 0 Å². The molecule has 0 aromatic carbocycles. The maximum Gasteiger partial charge on any atom is 0.217 e. The zero-order valence-electron chi connectivity index (χ0n) is 7.39. The number of carbonyl (C=O) groups is 1. The van der Waals surface area contributed by atoms with Crippen LogP contribution in [0.1, 0.15) is 39.5 Å². The molecule has 0 bridgehead atoms. The van der Waals surface area contributed by atoms with Crippen molar-refractivity contribution in [2.24, 2.45) is 5.92 Å². The van der Waals surface area contributed by atoms with Crippen LogP contribution in [0.2, 0.25) is 0 Å². The minimum absolute atomic E-state index is 0.115. The quantitative estimate of drug-likeness (QED) is 0.613. The van der Waals surface area contributed by atoms with Crippen molar-refractivity contribution < 1.29 is 4.79 Å². The molecule has 0 aromatic rings. The van der Waals surface area contributed by atoms with E-state index in [1.807, 2.05) is 0 Å². The first-order valence-corrected chi connectivity index (χ1v) is 4.47. The average Bonchev–Trinajstić information content (AvgIpc) is 1.93. The van der Waals surface area contributed by atoms with Gasteiger partial charge in [-0.2, -0.15) is 0 Å². The fourth-order valence-corrected chi connectivity index (χ4v) is 1.79. The fraction of sp³-hybridized carbons (Fsp3) is 0.889. The summed E-state index contributed by atoms with van der Waals surface area (Å²) in [6.07, 6.45) is 5.04. The van der Waals surface area contributed by atoms with E-state index in [1.165, 1.54) is 25.7 Å². The van der Waals surface area contributed by atoms with Crippen LogP contribution in [0, 0.1) is 5.92 Å². The number of hydrogen-bond acceptors (Lipinski definition) is 1. The highest BCUT2D eigenvalue weighted by molar-refractivity contribution is 5.73. The third kappa shape index (κ3) is 2.52. The molecule has 1 aliphatic rings. The van der Waals surface area contributed by atoms with Gasteiger partial charge >= 0.3 is 0 Å². The normalized spacial score (nSPS) is 31.5. The predicted octanol–water partition coefficient (Wildman–Crippen LogP) is 1.70. The van der Waals surface area contributed by atoms with Crippen LogP contribution in [0.15, 0.2) is 0 Å². The molecule has 2 atom stereocenters. The van der Waals surface area contributed by atoms with E-state index in [0.29, 0.717) is 12.0 Å². The van der Waals surface area contributed by atoms with Gasteiger partial charge in [-0.25, -0.2) is 0 Å². The van der Waals surface area contributed by atoms with E-state index in [0.717, 1.165) is 0 Å². The molecular weight excluding hydrogens is 138 g/mol. The summed E-state index contributed by atoms with van der Waals surface area (Å²) >= 11 is 0. The molecule has 2 nitrogen and oxygen atoms in total. The van der Waals surface area contributed by atoms with Crippen molar-refractivity contribution in [3.05, 3.63) is 0 Å². The van der Waals surface area contributed by atoms with E-state index >= 15 is 0 Å².